The van der Waals surface area contributed by atoms with E-state index in [-0.39, 0.29) is 11.4 Å². The summed E-state index contributed by atoms with van der Waals surface area (Å²) in [6, 6.07) is 6.48. The fourth-order valence-corrected chi connectivity index (χ4v) is 1.99. The van der Waals surface area contributed by atoms with Crippen molar-refractivity contribution in [1.29, 1.82) is 0 Å². The van der Waals surface area contributed by atoms with Crippen molar-refractivity contribution >= 4 is 17.0 Å². The average molecular weight is 276 g/mol. The largest absolute Gasteiger partial charge is 0.420 e. The molecule has 0 aliphatic heterocycles. The van der Waals surface area contributed by atoms with Crippen LogP contribution in [0.4, 0.5) is 0 Å². The monoisotopic (exact) mass is 276 g/mol. The van der Waals surface area contributed by atoms with E-state index in [1.807, 2.05) is 26.8 Å². The van der Waals surface area contributed by atoms with Gasteiger partial charge in [-0.15, -0.1) is 0 Å². The second-order valence-corrected chi connectivity index (χ2v) is 5.61. The number of nitrogens with zero attached hydrogens (tertiary/aromatic N) is 1. The van der Waals surface area contributed by atoms with Gasteiger partial charge in [0.2, 0.25) is 5.91 Å². The molecule has 1 amide bonds. The number of amides is 1. The van der Waals surface area contributed by atoms with Crippen molar-refractivity contribution in [3.8, 4) is 0 Å². The topological polar surface area (TPSA) is 64.2 Å². The van der Waals surface area contributed by atoms with Crippen molar-refractivity contribution in [2.45, 2.75) is 45.7 Å². The molecule has 0 aliphatic rings. The SMILES string of the molecule is CCC(C)(C)NC(=O)[C@H](C)n1c(=O)oc2ccccc21. The Morgan fingerprint density at radius 1 is 1.40 bits per heavy atom. The minimum atomic E-state index is -0.614. The Labute approximate surface area is 117 Å². The molecule has 0 radical (unpaired) electrons. The summed E-state index contributed by atoms with van der Waals surface area (Å²) in [5.74, 6) is -0.700. The van der Waals surface area contributed by atoms with E-state index in [2.05, 4.69) is 5.32 Å². The van der Waals surface area contributed by atoms with E-state index < -0.39 is 11.8 Å². The lowest BCUT2D eigenvalue weighted by Crippen LogP contribution is -2.46. The summed E-state index contributed by atoms with van der Waals surface area (Å²) in [4.78, 5) is 24.2. The Morgan fingerprint density at radius 2 is 2.05 bits per heavy atom. The average Bonchev–Trinajstić information content (AvgIpc) is 2.73. The van der Waals surface area contributed by atoms with Crippen molar-refractivity contribution in [1.82, 2.24) is 9.88 Å². The van der Waals surface area contributed by atoms with Gasteiger partial charge in [0.25, 0.3) is 0 Å². The smallest absolute Gasteiger partial charge is 0.408 e. The van der Waals surface area contributed by atoms with E-state index in [0.717, 1.165) is 6.42 Å². The van der Waals surface area contributed by atoms with Gasteiger partial charge in [0.05, 0.1) is 5.52 Å². The number of aromatic nitrogens is 1. The molecule has 0 saturated carbocycles. The number of nitrogens with one attached hydrogen (secondary N) is 1. The first-order valence-electron chi connectivity index (χ1n) is 6.78. The molecule has 0 fully saturated rings. The first kappa shape index (κ1) is 14.4. The zero-order chi connectivity index (χ0) is 14.9. The standard InChI is InChI=1S/C15H20N2O3/c1-5-15(3,4)16-13(18)10(2)17-11-8-6-7-9-12(11)20-14(17)19/h6-10H,5H2,1-4H3,(H,16,18)/t10-/m0/s1. The fourth-order valence-electron chi connectivity index (χ4n) is 1.99. The van der Waals surface area contributed by atoms with E-state index >= 15 is 0 Å². The van der Waals surface area contributed by atoms with E-state index in [0.29, 0.717) is 11.1 Å². The van der Waals surface area contributed by atoms with Crippen LogP contribution < -0.4 is 11.1 Å². The number of oxazole rings is 1. The van der Waals surface area contributed by atoms with Crippen LogP contribution >= 0.6 is 0 Å². The number of hydrogen-bond acceptors (Lipinski definition) is 3. The molecule has 1 atom stereocenters. The third-order valence-corrected chi connectivity index (χ3v) is 3.63. The predicted molar refractivity (Wildman–Crippen MR) is 77.7 cm³/mol. The summed E-state index contributed by atoms with van der Waals surface area (Å²) in [6.07, 6.45) is 0.812. The Bertz CT molecular complexity index is 682. The van der Waals surface area contributed by atoms with Gasteiger partial charge in [-0.25, -0.2) is 4.79 Å². The summed E-state index contributed by atoms with van der Waals surface area (Å²) in [6.45, 7) is 7.61. The molecule has 1 aromatic heterocycles. The third kappa shape index (κ3) is 2.61. The number of benzene rings is 1. The van der Waals surface area contributed by atoms with Crippen LogP contribution in [0.25, 0.3) is 11.1 Å². The lowest BCUT2D eigenvalue weighted by molar-refractivity contribution is -0.125. The first-order valence-corrected chi connectivity index (χ1v) is 6.78. The summed E-state index contributed by atoms with van der Waals surface area (Å²) in [5, 5.41) is 2.95. The van der Waals surface area contributed by atoms with Gasteiger partial charge in [0.15, 0.2) is 5.58 Å². The van der Waals surface area contributed by atoms with Crippen molar-refractivity contribution in [3.63, 3.8) is 0 Å². The molecule has 0 saturated heterocycles. The number of para-hydroxylation sites is 2. The quantitative estimate of drug-likeness (QED) is 0.933. The van der Waals surface area contributed by atoms with Gasteiger partial charge in [0.1, 0.15) is 6.04 Å². The number of rotatable bonds is 4. The number of carbonyl (C=O) groups excluding carboxylic acids is 1. The molecular formula is C15H20N2O3. The van der Waals surface area contributed by atoms with Gasteiger partial charge in [-0.3, -0.25) is 9.36 Å². The highest BCUT2D eigenvalue weighted by Gasteiger charge is 2.25. The van der Waals surface area contributed by atoms with Crippen molar-refractivity contribution < 1.29 is 9.21 Å². The second-order valence-electron chi connectivity index (χ2n) is 5.61. The van der Waals surface area contributed by atoms with Crippen LogP contribution in [0.1, 0.15) is 40.2 Å². The Balaban J connectivity index is 2.36. The molecule has 108 valence electrons. The van der Waals surface area contributed by atoms with E-state index in [9.17, 15) is 9.59 Å². The molecule has 20 heavy (non-hydrogen) atoms. The molecular weight excluding hydrogens is 256 g/mol. The van der Waals surface area contributed by atoms with Gasteiger partial charge in [-0.1, -0.05) is 19.1 Å². The molecule has 5 heteroatoms. The van der Waals surface area contributed by atoms with Gasteiger partial charge < -0.3 is 9.73 Å². The van der Waals surface area contributed by atoms with Crippen molar-refractivity contribution in [2.75, 3.05) is 0 Å². The minimum absolute atomic E-state index is 0.189. The zero-order valence-electron chi connectivity index (χ0n) is 12.3. The van der Waals surface area contributed by atoms with Gasteiger partial charge in [0, 0.05) is 5.54 Å². The summed E-state index contributed by atoms with van der Waals surface area (Å²) < 4.78 is 6.54. The highest BCUT2D eigenvalue weighted by Crippen LogP contribution is 2.18. The second kappa shape index (κ2) is 5.15. The maximum absolute atomic E-state index is 12.3. The van der Waals surface area contributed by atoms with E-state index in [1.165, 1.54) is 4.57 Å². The number of carbonyl (C=O) groups is 1. The summed E-state index contributed by atoms with van der Waals surface area (Å²) in [5.41, 5.74) is 0.829. The lowest BCUT2D eigenvalue weighted by atomic mass is 10.0. The molecule has 1 heterocycles. The molecule has 2 rings (SSSR count). The number of hydrogen-bond donors (Lipinski definition) is 1. The van der Waals surface area contributed by atoms with Crippen LogP contribution in [-0.4, -0.2) is 16.0 Å². The third-order valence-electron chi connectivity index (χ3n) is 3.63. The first-order chi connectivity index (χ1) is 9.35. The van der Waals surface area contributed by atoms with Crippen LogP contribution in [0.15, 0.2) is 33.5 Å². The highest BCUT2D eigenvalue weighted by molar-refractivity contribution is 5.83. The predicted octanol–water partition coefficient (Wildman–Crippen LogP) is 2.46. The molecule has 0 spiro atoms. The molecule has 0 aliphatic carbocycles. The van der Waals surface area contributed by atoms with Crippen LogP contribution in [0, 0.1) is 0 Å². The summed E-state index contributed by atoms with van der Waals surface area (Å²) in [7, 11) is 0. The minimum Gasteiger partial charge on any atom is -0.408 e. The fraction of sp³-hybridized carbons (Fsp3) is 0.467. The van der Waals surface area contributed by atoms with Crippen LogP contribution in [0.5, 0.6) is 0 Å². The van der Waals surface area contributed by atoms with E-state index in [1.54, 1.807) is 25.1 Å². The number of fused-ring (bicyclic) bond motifs is 1. The molecule has 1 N–H and O–H groups in total. The Hall–Kier alpha value is -2.04. The van der Waals surface area contributed by atoms with Crippen molar-refractivity contribution in [3.05, 3.63) is 34.8 Å². The zero-order valence-corrected chi connectivity index (χ0v) is 12.3. The maximum atomic E-state index is 12.3. The normalized spacial score (nSPS) is 13.4. The highest BCUT2D eigenvalue weighted by atomic mass is 16.4. The van der Waals surface area contributed by atoms with Crippen LogP contribution in [0.2, 0.25) is 0 Å². The van der Waals surface area contributed by atoms with Gasteiger partial charge >= 0.3 is 5.76 Å². The van der Waals surface area contributed by atoms with E-state index in [4.69, 9.17) is 4.42 Å². The maximum Gasteiger partial charge on any atom is 0.420 e. The molecule has 0 unspecified atom stereocenters. The van der Waals surface area contributed by atoms with Crippen LogP contribution in [-0.2, 0) is 4.79 Å². The Kier molecular flexibility index (Phi) is 3.70. The molecule has 2 aromatic rings. The Morgan fingerprint density at radius 3 is 2.70 bits per heavy atom. The summed E-state index contributed by atoms with van der Waals surface area (Å²) >= 11 is 0. The molecule has 5 nitrogen and oxygen atoms in total. The molecule has 0 bridgehead atoms. The molecule has 1 aromatic carbocycles. The van der Waals surface area contributed by atoms with Crippen LogP contribution in [0.3, 0.4) is 0 Å². The van der Waals surface area contributed by atoms with Gasteiger partial charge in [-0.2, -0.15) is 0 Å². The van der Waals surface area contributed by atoms with Gasteiger partial charge in [-0.05, 0) is 39.3 Å². The van der Waals surface area contributed by atoms with Crippen molar-refractivity contribution in [2.24, 2.45) is 0 Å². The lowest BCUT2D eigenvalue weighted by Gasteiger charge is -2.26.